The van der Waals surface area contributed by atoms with Gasteiger partial charge in [0.25, 0.3) is 0 Å². The predicted molar refractivity (Wildman–Crippen MR) is 177 cm³/mol. The van der Waals surface area contributed by atoms with E-state index in [4.69, 9.17) is 9.47 Å². The van der Waals surface area contributed by atoms with E-state index >= 15 is 4.79 Å². The SMILES string of the molecule is C=C(C)C1CCC(C)CC1C(C(=O)N(Cc1ccc(O)c(OC)c1)Cc1ccc(O)c(OC)c1)C1CC(C)CCC1C(C)C. The Morgan fingerprint density at radius 3 is 1.82 bits per heavy atom. The molecule has 7 unspecified atom stereocenters. The van der Waals surface area contributed by atoms with Crippen molar-refractivity contribution in [3.8, 4) is 23.0 Å². The lowest BCUT2D eigenvalue weighted by Crippen LogP contribution is -2.49. The van der Waals surface area contributed by atoms with Crippen molar-refractivity contribution in [3.05, 3.63) is 59.7 Å². The molecule has 6 heteroatoms. The molecule has 0 aliphatic heterocycles. The van der Waals surface area contributed by atoms with Crippen LogP contribution in [0.25, 0.3) is 0 Å². The maximum atomic E-state index is 15.4. The highest BCUT2D eigenvalue weighted by molar-refractivity contribution is 5.80. The summed E-state index contributed by atoms with van der Waals surface area (Å²) in [5, 5.41) is 20.6. The van der Waals surface area contributed by atoms with Gasteiger partial charge in [0, 0.05) is 19.0 Å². The number of carbonyl (C=O) groups is 1. The zero-order chi connectivity index (χ0) is 32.1. The first-order chi connectivity index (χ1) is 20.9. The molecule has 2 N–H and O–H groups in total. The molecule has 2 fully saturated rings. The van der Waals surface area contributed by atoms with Crippen LogP contribution in [0, 0.1) is 47.3 Å². The number of hydrogen-bond donors (Lipinski definition) is 2. The van der Waals surface area contributed by atoms with E-state index in [0.29, 0.717) is 60.1 Å². The van der Waals surface area contributed by atoms with Crippen LogP contribution >= 0.6 is 0 Å². The normalized spacial score (nSPS) is 26.2. The van der Waals surface area contributed by atoms with Crippen LogP contribution in [0.1, 0.15) is 84.3 Å². The molecule has 2 aliphatic carbocycles. The number of amides is 1. The molecular formula is C38H55NO5. The number of benzene rings is 2. The van der Waals surface area contributed by atoms with E-state index in [2.05, 4.69) is 41.2 Å². The zero-order valence-electron chi connectivity index (χ0n) is 28.0. The molecular weight excluding hydrogens is 550 g/mol. The average molecular weight is 606 g/mol. The topological polar surface area (TPSA) is 79.2 Å². The predicted octanol–water partition coefficient (Wildman–Crippen LogP) is 8.60. The first kappa shape index (κ1) is 33.7. The summed E-state index contributed by atoms with van der Waals surface area (Å²) in [6.07, 6.45) is 6.75. The lowest BCUT2D eigenvalue weighted by molar-refractivity contribution is -0.145. The number of aromatic hydroxyl groups is 2. The Hall–Kier alpha value is -3.15. The lowest BCUT2D eigenvalue weighted by Gasteiger charge is -2.49. The summed E-state index contributed by atoms with van der Waals surface area (Å²) in [4.78, 5) is 17.4. The summed E-state index contributed by atoms with van der Waals surface area (Å²) in [7, 11) is 3.08. The third-order valence-electron chi connectivity index (χ3n) is 10.6. The van der Waals surface area contributed by atoms with Gasteiger partial charge in [-0.05, 0) is 109 Å². The molecule has 44 heavy (non-hydrogen) atoms. The maximum absolute atomic E-state index is 15.4. The van der Waals surface area contributed by atoms with Gasteiger partial charge in [0.05, 0.1) is 14.2 Å². The van der Waals surface area contributed by atoms with Gasteiger partial charge >= 0.3 is 0 Å². The Morgan fingerprint density at radius 1 is 0.841 bits per heavy atom. The van der Waals surface area contributed by atoms with Crippen LogP contribution in [0.4, 0.5) is 0 Å². The van der Waals surface area contributed by atoms with Crippen LogP contribution in [0.5, 0.6) is 23.0 Å². The van der Waals surface area contributed by atoms with Gasteiger partial charge in [-0.25, -0.2) is 0 Å². The van der Waals surface area contributed by atoms with Crippen LogP contribution in [-0.4, -0.2) is 35.2 Å². The number of phenolic OH excluding ortho intramolecular Hbond substituents is 2. The quantitative estimate of drug-likeness (QED) is 0.251. The van der Waals surface area contributed by atoms with E-state index in [1.807, 2.05) is 29.2 Å². The third kappa shape index (κ3) is 7.73. The molecule has 7 atom stereocenters. The van der Waals surface area contributed by atoms with Crippen molar-refractivity contribution in [2.75, 3.05) is 14.2 Å². The van der Waals surface area contributed by atoms with Gasteiger partial charge < -0.3 is 24.6 Å². The third-order valence-corrected chi connectivity index (χ3v) is 10.6. The van der Waals surface area contributed by atoms with Gasteiger partial charge in [0.1, 0.15) is 0 Å². The van der Waals surface area contributed by atoms with Gasteiger partial charge in [-0.1, -0.05) is 64.8 Å². The van der Waals surface area contributed by atoms with Crippen molar-refractivity contribution in [1.82, 2.24) is 4.90 Å². The fraction of sp³-hybridized carbons (Fsp3) is 0.605. The van der Waals surface area contributed by atoms with Crippen molar-refractivity contribution < 1.29 is 24.5 Å². The Labute approximate surface area is 265 Å². The fourth-order valence-electron chi connectivity index (χ4n) is 8.31. The highest BCUT2D eigenvalue weighted by atomic mass is 16.5. The van der Waals surface area contributed by atoms with Crippen LogP contribution in [0.2, 0.25) is 0 Å². The smallest absolute Gasteiger partial charge is 0.226 e. The van der Waals surface area contributed by atoms with E-state index in [9.17, 15) is 10.2 Å². The standard InChI is InChI=1S/C38H55NO5/c1-23(2)29-13-9-25(5)17-31(29)37(32-18-26(6)10-14-30(32)24(3)4)38(42)39(21-27-11-15-33(40)35(19-27)43-7)22-28-12-16-34(41)36(20-28)44-8/h11-12,15-16,19-20,24-26,29-32,37,40-41H,1,9-10,13-14,17-18,21-22H2,2-8H3. The van der Waals surface area contributed by atoms with Crippen molar-refractivity contribution in [1.29, 1.82) is 0 Å². The highest BCUT2D eigenvalue weighted by Gasteiger charge is 2.47. The molecule has 4 rings (SSSR count). The lowest BCUT2D eigenvalue weighted by atomic mass is 9.57. The Morgan fingerprint density at radius 2 is 1.34 bits per heavy atom. The van der Waals surface area contributed by atoms with Gasteiger partial charge in [0.2, 0.25) is 5.91 Å². The molecule has 0 radical (unpaired) electrons. The molecule has 242 valence electrons. The number of phenols is 2. The number of nitrogens with zero attached hydrogens (tertiary/aromatic N) is 1. The monoisotopic (exact) mass is 605 g/mol. The molecule has 2 saturated carbocycles. The summed E-state index contributed by atoms with van der Waals surface area (Å²) < 4.78 is 10.8. The van der Waals surface area contributed by atoms with Crippen LogP contribution in [0.15, 0.2) is 48.6 Å². The van der Waals surface area contributed by atoms with Crippen LogP contribution in [-0.2, 0) is 17.9 Å². The Balaban J connectivity index is 1.83. The number of methoxy groups -OCH3 is 2. The average Bonchev–Trinajstić information content (AvgIpc) is 2.98. The second kappa shape index (κ2) is 14.8. The van der Waals surface area contributed by atoms with E-state index in [-0.39, 0.29) is 29.2 Å². The van der Waals surface area contributed by atoms with E-state index in [1.54, 1.807) is 26.4 Å². The fourth-order valence-corrected chi connectivity index (χ4v) is 8.31. The van der Waals surface area contributed by atoms with Gasteiger partial charge in [0.15, 0.2) is 23.0 Å². The van der Waals surface area contributed by atoms with E-state index < -0.39 is 0 Å². The van der Waals surface area contributed by atoms with Crippen molar-refractivity contribution in [2.45, 2.75) is 86.2 Å². The summed E-state index contributed by atoms with van der Waals surface area (Å²) in [5.74, 6) is 4.03. The number of rotatable bonds is 11. The van der Waals surface area contributed by atoms with Crippen molar-refractivity contribution >= 4 is 5.91 Å². The molecule has 2 aromatic rings. The zero-order valence-corrected chi connectivity index (χ0v) is 28.0. The largest absolute Gasteiger partial charge is 0.504 e. The first-order valence-electron chi connectivity index (χ1n) is 16.6. The minimum absolute atomic E-state index is 0.0757. The number of carbonyl (C=O) groups excluding carboxylic acids is 1. The number of hydrogen-bond acceptors (Lipinski definition) is 5. The molecule has 0 saturated heterocycles. The highest BCUT2D eigenvalue weighted by Crippen LogP contribution is 2.51. The Bertz CT molecular complexity index is 1230. The second-order valence-electron chi connectivity index (χ2n) is 14.3. The number of ether oxygens (including phenoxy) is 2. The van der Waals surface area contributed by atoms with Crippen molar-refractivity contribution in [2.24, 2.45) is 47.3 Å². The summed E-state index contributed by atoms with van der Waals surface area (Å²) in [6.45, 7) is 16.7. The molecule has 0 bridgehead atoms. The van der Waals surface area contributed by atoms with Gasteiger partial charge in [-0.2, -0.15) is 0 Å². The molecule has 2 aliphatic rings. The minimum atomic E-state index is -0.118. The maximum Gasteiger partial charge on any atom is 0.226 e. The van der Waals surface area contributed by atoms with Gasteiger partial charge in [-0.3, -0.25) is 4.79 Å². The van der Waals surface area contributed by atoms with Gasteiger partial charge in [-0.15, -0.1) is 0 Å². The van der Waals surface area contributed by atoms with E-state index in [0.717, 1.165) is 36.8 Å². The Kier molecular flexibility index (Phi) is 11.3. The summed E-state index contributed by atoms with van der Waals surface area (Å²) in [6, 6.07) is 10.6. The molecule has 0 spiro atoms. The summed E-state index contributed by atoms with van der Waals surface area (Å²) >= 11 is 0. The minimum Gasteiger partial charge on any atom is -0.504 e. The van der Waals surface area contributed by atoms with Crippen molar-refractivity contribution in [3.63, 3.8) is 0 Å². The molecule has 2 aromatic carbocycles. The molecule has 6 nitrogen and oxygen atoms in total. The number of allylic oxidation sites excluding steroid dienone is 1. The van der Waals surface area contributed by atoms with E-state index in [1.165, 1.54) is 18.4 Å². The van der Waals surface area contributed by atoms with Crippen LogP contribution in [0.3, 0.4) is 0 Å². The first-order valence-corrected chi connectivity index (χ1v) is 16.6. The van der Waals surface area contributed by atoms with Crippen LogP contribution < -0.4 is 9.47 Å². The summed E-state index contributed by atoms with van der Waals surface area (Å²) in [5.41, 5.74) is 2.98. The molecule has 0 heterocycles. The molecule has 1 amide bonds. The second-order valence-corrected chi connectivity index (χ2v) is 14.3. The molecule has 0 aromatic heterocycles.